The van der Waals surface area contributed by atoms with Gasteiger partial charge in [-0.15, -0.1) is 0 Å². The second kappa shape index (κ2) is 7.36. The number of aromatic nitrogens is 1. The number of halogens is 1. The van der Waals surface area contributed by atoms with Gasteiger partial charge in [-0.2, -0.15) is 11.8 Å². The van der Waals surface area contributed by atoms with Gasteiger partial charge in [0.2, 0.25) is 0 Å². The van der Waals surface area contributed by atoms with E-state index < -0.39 is 0 Å². The highest BCUT2D eigenvalue weighted by atomic mass is 35.5. The Morgan fingerprint density at radius 3 is 3.05 bits per heavy atom. The lowest BCUT2D eigenvalue weighted by molar-refractivity contribution is 0.712. The molecule has 1 fully saturated rings. The van der Waals surface area contributed by atoms with Crippen molar-refractivity contribution < 1.29 is 0 Å². The van der Waals surface area contributed by atoms with Gasteiger partial charge >= 0.3 is 0 Å². The zero-order valence-electron chi connectivity index (χ0n) is 11.7. The number of hydrogen-bond acceptors (Lipinski definition) is 4. The summed E-state index contributed by atoms with van der Waals surface area (Å²) in [4.78, 5) is 6.89. The Bertz CT molecular complexity index is 414. The van der Waals surface area contributed by atoms with Crippen molar-refractivity contribution >= 4 is 29.2 Å². The molecule has 1 N–H and O–H groups in total. The number of nitrogens with zero attached hydrogens (tertiary/aromatic N) is 2. The molecule has 0 bridgehead atoms. The van der Waals surface area contributed by atoms with E-state index in [-0.39, 0.29) is 0 Å². The average molecular weight is 300 g/mol. The van der Waals surface area contributed by atoms with Crippen LogP contribution in [-0.4, -0.2) is 35.6 Å². The second-order valence-corrected chi connectivity index (χ2v) is 6.59. The van der Waals surface area contributed by atoms with E-state index in [2.05, 4.69) is 40.8 Å². The van der Waals surface area contributed by atoms with Gasteiger partial charge in [0.25, 0.3) is 0 Å². The predicted octanol–water partition coefficient (Wildman–Crippen LogP) is 3.18. The standard InChI is InChI=1S/C14H22ClN3S/c1-3-12-10-18(5-6-19-12)14-13(15)7-11(9-17-14)8-16-4-2/h7,9,12,16H,3-6,8,10H2,1-2H3. The molecular weight excluding hydrogens is 278 g/mol. The van der Waals surface area contributed by atoms with Crippen molar-refractivity contribution in [3.05, 3.63) is 22.8 Å². The Labute approximate surface area is 125 Å². The van der Waals surface area contributed by atoms with Crippen LogP contribution < -0.4 is 10.2 Å². The maximum absolute atomic E-state index is 6.39. The summed E-state index contributed by atoms with van der Waals surface area (Å²) in [5, 5.41) is 4.77. The molecule has 19 heavy (non-hydrogen) atoms. The molecule has 1 aliphatic heterocycles. The van der Waals surface area contributed by atoms with Gasteiger partial charge in [0.15, 0.2) is 0 Å². The maximum Gasteiger partial charge on any atom is 0.147 e. The average Bonchev–Trinajstić information content (AvgIpc) is 2.45. The molecule has 0 spiro atoms. The van der Waals surface area contributed by atoms with Crippen LogP contribution in [0.4, 0.5) is 5.82 Å². The molecular formula is C14H22ClN3S. The van der Waals surface area contributed by atoms with Crippen LogP contribution in [0.1, 0.15) is 25.8 Å². The molecule has 0 radical (unpaired) electrons. The molecule has 0 aromatic carbocycles. The molecule has 0 saturated carbocycles. The van der Waals surface area contributed by atoms with Crippen LogP contribution >= 0.6 is 23.4 Å². The van der Waals surface area contributed by atoms with Crippen LogP contribution in [0.5, 0.6) is 0 Å². The summed E-state index contributed by atoms with van der Waals surface area (Å²) in [6.45, 7) is 8.23. The molecule has 1 aromatic rings. The van der Waals surface area contributed by atoms with E-state index in [0.717, 1.165) is 48.3 Å². The number of nitrogens with one attached hydrogen (secondary N) is 1. The molecule has 2 rings (SSSR count). The smallest absolute Gasteiger partial charge is 0.147 e. The fourth-order valence-electron chi connectivity index (χ4n) is 2.23. The third-order valence-corrected chi connectivity index (χ3v) is 5.00. The molecule has 5 heteroatoms. The van der Waals surface area contributed by atoms with Crippen molar-refractivity contribution in [1.29, 1.82) is 0 Å². The summed E-state index contributed by atoms with van der Waals surface area (Å²) in [5.41, 5.74) is 1.15. The van der Waals surface area contributed by atoms with Crippen LogP contribution in [0, 0.1) is 0 Å². The first-order valence-corrected chi connectivity index (χ1v) is 8.39. The Morgan fingerprint density at radius 1 is 1.53 bits per heavy atom. The molecule has 1 aromatic heterocycles. The topological polar surface area (TPSA) is 28.2 Å². The Kier molecular flexibility index (Phi) is 5.79. The number of anilines is 1. The van der Waals surface area contributed by atoms with Gasteiger partial charge in [0, 0.05) is 36.8 Å². The Morgan fingerprint density at radius 2 is 2.37 bits per heavy atom. The highest BCUT2D eigenvalue weighted by Gasteiger charge is 2.21. The molecule has 1 aliphatic rings. The minimum atomic E-state index is 0.702. The highest BCUT2D eigenvalue weighted by molar-refractivity contribution is 8.00. The van der Waals surface area contributed by atoms with E-state index in [4.69, 9.17) is 11.6 Å². The molecule has 3 nitrogen and oxygen atoms in total. The summed E-state index contributed by atoms with van der Waals surface area (Å²) in [7, 11) is 0. The fraction of sp³-hybridized carbons (Fsp3) is 0.643. The maximum atomic E-state index is 6.39. The van der Waals surface area contributed by atoms with E-state index in [1.54, 1.807) is 0 Å². The van der Waals surface area contributed by atoms with E-state index >= 15 is 0 Å². The quantitative estimate of drug-likeness (QED) is 0.904. The molecule has 1 unspecified atom stereocenters. The molecule has 106 valence electrons. The molecule has 1 atom stereocenters. The summed E-state index contributed by atoms with van der Waals surface area (Å²) in [6, 6.07) is 2.04. The molecule has 1 saturated heterocycles. The van der Waals surface area contributed by atoms with Crippen molar-refractivity contribution in [3.8, 4) is 0 Å². The van der Waals surface area contributed by atoms with Crippen molar-refractivity contribution in [2.75, 3.05) is 30.3 Å². The van der Waals surface area contributed by atoms with Gasteiger partial charge in [-0.05, 0) is 24.6 Å². The van der Waals surface area contributed by atoms with Gasteiger partial charge in [0.05, 0.1) is 5.02 Å². The molecule has 0 amide bonds. The van der Waals surface area contributed by atoms with Gasteiger partial charge in [-0.3, -0.25) is 0 Å². The SMILES string of the molecule is CCNCc1cnc(N2CCSC(CC)C2)c(Cl)c1. The van der Waals surface area contributed by atoms with Gasteiger partial charge in [-0.25, -0.2) is 4.98 Å². The van der Waals surface area contributed by atoms with Gasteiger partial charge in [0.1, 0.15) is 5.82 Å². The normalized spacial score (nSPS) is 19.7. The highest BCUT2D eigenvalue weighted by Crippen LogP contribution is 2.29. The number of hydrogen-bond donors (Lipinski definition) is 1. The van der Waals surface area contributed by atoms with E-state index in [0.29, 0.717) is 5.25 Å². The van der Waals surface area contributed by atoms with Crippen molar-refractivity contribution in [2.45, 2.75) is 32.1 Å². The largest absolute Gasteiger partial charge is 0.353 e. The predicted molar refractivity (Wildman–Crippen MR) is 85.4 cm³/mol. The number of rotatable bonds is 5. The van der Waals surface area contributed by atoms with Crippen LogP contribution in [0.25, 0.3) is 0 Å². The van der Waals surface area contributed by atoms with E-state index in [1.165, 1.54) is 6.42 Å². The molecule has 0 aliphatic carbocycles. The van der Waals surface area contributed by atoms with Crippen LogP contribution in [0.2, 0.25) is 5.02 Å². The molecule has 2 heterocycles. The number of pyridine rings is 1. The van der Waals surface area contributed by atoms with E-state index in [1.807, 2.05) is 12.3 Å². The summed E-state index contributed by atoms with van der Waals surface area (Å²) in [5.74, 6) is 2.11. The van der Waals surface area contributed by atoms with Crippen molar-refractivity contribution in [2.24, 2.45) is 0 Å². The zero-order chi connectivity index (χ0) is 13.7. The Balaban J connectivity index is 2.07. The van der Waals surface area contributed by atoms with Crippen molar-refractivity contribution in [1.82, 2.24) is 10.3 Å². The lowest BCUT2D eigenvalue weighted by Crippen LogP contribution is -2.38. The van der Waals surface area contributed by atoms with Crippen molar-refractivity contribution in [3.63, 3.8) is 0 Å². The van der Waals surface area contributed by atoms with Crippen LogP contribution in [0.15, 0.2) is 12.3 Å². The van der Waals surface area contributed by atoms with Crippen LogP contribution in [-0.2, 0) is 6.54 Å². The van der Waals surface area contributed by atoms with Crippen LogP contribution in [0.3, 0.4) is 0 Å². The monoisotopic (exact) mass is 299 g/mol. The fourth-order valence-corrected chi connectivity index (χ4v) is 3.72. The first kappa shape index (κ1) is 14.9. The lowest BCUT2D eigenvalue weighted by Gasteiger charge is -2.33. The summed E-state index contributed by atoms with van der Waals surface area (Å²) >= 11 is 8.45. The number of thioether (sulfide) groups is 1. The first-order chi connectivity index (χ1) is 9.24. The summed E-state index contributed by atoms with van der Waals surface area (Å²) < 4.78 is 0. The third kappa shape index (κ3) is 4.01. The van der Waals surface area contributed by atoms with Gasteiger partial charge in [-0.1, -0.05) is 25.4 Å². The minimum Gasteiger partial charge on any atom is -0.353 e. The Hall–Kier alpha value is -0.450. The minimum absolute atomic E-state index is 0.702. The van der Waals surface area contributed by atoms with Gasteiger partial charge < -0.3 is 10.2 Å². The second-order valence-electron chi connectivity index (χ2n) is 4.78. The third-order valence-electron chi connectivity index (χ3n) is 3.35. The lowest BCUT2D eigenvalue weighted by atomic mass is 10.2. The van der Waals surface area contributed by atoms with E-state index in [9.17, 15) is 0 Å². The zero-order valence-corrected chi connectivity index (χ0v) is 13.2. The summed E-state index contributed by atoms with van der Waals surface area (Å²) in [6.07, 6.45) is 3.14. The first-order valence-electron chi connectivity index (χ1n) is 6.96.